The zero-order chi connectivity index (χ0) is 20.9. The largest absolute Gasteiger partial charge is 0.417 e. The van der Waals surface area contributed by atoms with E-state index in [1.54, 1.807) is 36.4 Å². The van der Waals surface area contributed by atoms with Gasteiger partial charge in [0.2, 0.25) is 0 Å². The Bertz CT molecular complexity index is 1020. The van der Waals surface area contributed by atoms with Gasteiger partial charge >= 0.3 is 6.09 Å². The predicted octanol–water partition coefficient (Wildman–Crippen LogP) is 4.55. The summed E-state index contributed by atoms with van der Waals surface area (Å²) in [5.41, 5.74) is 2.25. The van der Waals surface area contributed by atoms with Gasteiger partial charge in [-0.05, 0) is 43.3 Å². The molecule has 0 aliphatic carbocycles. The highest BCUT2D eigenvalue weighted by atomic mass is 35.5. The number of halogens is 1. The number of morpholine rings is 1. The zero-order valence-corrected chi connectivity index (χ0v) is 17.2. The van der Waals surface area contributed by atoms with Crippen molar-refractivity contribution < 1.29 is 14.3 Å². The molecule has 1 saturated heterocycles. The van der Waals surface area contributed by atoms with Gasteiger partial charge in [0.1, 0.15) is 16.7 Å². The molecule has 0 atom stereocenters. The van der Waals surface area contributed by atoms with Crippen LogP contribution in [0.15, 0.2) is 54.6 Å². The molecule has 154 valence electrons. The number of carbonyl (C=O) groups excluding carboxylic acids is 1. The monoisotopic (exact) mass is 424 g/mol. The summed E-state index contributed by atoms with van der Waals surface area (Å²) in [7, 11) is 0. The third-order valence-electron chi connectivity index (χ3n) is 4.71. The molecule has 1 aromatic heterocycles. The average molecular weight is 425 g/mol. The molecule has 2 heterocycles. The minimum Gasteiger partial charge on any atom is -0.410 e. The van der Waals surface area contributed by atoms with Crippen LogP contribution in [0.5, 0.6) is 5.75 Å². The van der Waals surface area contributed by atoms with E-state index in [-0.39, 0.29) is 0 Å². The lowest BCUT2D eigenvalue weighted by atomic mass is 10.2. The molecule has 0 saturated carbocycles. The Labute approximate surface area is 179 Å². The van der Waals surface area contributed by atoms with Crippen molar-refractivity contribution in [2.45, 2.75) is 6.92 Å². The Balaban J connectivity index is 1.49. The van der Waals surface area contributed by atoms with Crippen LogP contribution >= 0.6 is 11.6 Å². The molecular weight excluding hydrogens is 404 g/mol. The minimum absolute atomic E-state index is 0.426. The Hall–Kier alpha value is -3.16. The Kier molecular flexibility index (Phi) is 6.11. The maximum atomic E-state index is 12.0. The first-order chi connectivity index (χ1) is 14.6. The van der Waals surface area contributed by atoms with Crippen molar-refractivity contribution >= 4 is 29.2 Å². The SMILES string of the molecule is Cc1c(Cl)nc(-c2ccc(NC(=O)Oc3ccccc3)cc2)nc1N1CCOCC1. The first kappa shape index (κ1) is 20.1. The average Bonchev–Trinajstić information content (AvgIpc) is 2.77. The van der Waals surface area contributed by atoms with E-state index in [9.17, 15) is 4.79 Å². The fourth-order valence-corrected chi connectivity index (χ4v) is 3.30. The fraction of sp³-hybridized carbons (Fsp3) is 0.227. The number of ether oxygens (including phenoxy) is 2. The van der Waals surface area contributed by atoms with Crippen LogP contribution in [0.1, 0.15) is 5.56 Å². The van der Waals surface area contributed by atoms with Gasteiger partial charge in [0.05, 0.1) is 13.2 Å². The highest BCUT2D eigenvalue weighted by molar-refractivity contribution is 6.30. The molecular formula is C22H21ClN4O3. The summed E-state index contributed by atoms with van der Waals surface area (Å²) in [4.78, 5) is 23.4. The fourth-order valence-electron chi connectivity index (χ4n) is 3.13. The van der Waals surface area contributed by atoms with E-state index in [0.717, 1.165) is 30.0 Å². The number of aromatic nitrogens is 2. The number of hydrogen-bond acceptors (Lipinski definition) is 6. The summed E-state index contributed by atoms with van der Waals surface area (Å²) in [6.45, 7) is 4.77. The Morgan fingerprint density at radius 3 is 2.47 bits per heavy atom. The lowest BCUT2D eigenvalue weighted by Gasteiger charge is -2.29. The van der Waals surface area contributed by atoms with Crippen LogP contribution in [-0.2, 0) is 4.74 Å². The van der Waals surface area contributed by atoms with Gasteiger partial charge in [-0.2, -0.15) is 0 Å². The van der Waals surface area contributed by atoms with Crippen molar-refractivity contribution in [3.63, 3.8) is 0 Å². The molecule has 1 amide bonds. The van der Waals surface area contributed by atoms with E-state index < -0.39 is 6.09 Å². The second-order valence-electron chi connectivity index (χ2n) is 6.79. The summed E-state index contributed by atoms with van der Waals surface area (Å²) in [6.07, 6.45) is -0.557. The molecule has 30 heavy (non-hydrogen) atoms. The maximum Gasteiger partial charge on any atom is 0.417 e. The van der Waals surface area contributed by atoms with E-state index >= 15 is 0 Å². The standard InChI is InChI=1S/C22H21ClN4O3/c1-15-19(23)25-20(26-21(15)27-11-13-29-14-12-27)16-7-9-17(10-8-16)24-22(28)30-18-5-3-2-4-6-18/h2-10H,11-14H2,1H3,(H,24,28). The third-order valence-corrected chi connectivity index (χ3v) is 5.08. The molecule has 4 rings (SSSR count). The van der Waals surface area contributed by atoms with E-state index in [2.05, 4.69) is 15.2 Å². The number of benzene rings is 2. The number of rotatable bonds is 4. The molecule has 2 aromatic carbocycles. The van der Waals surface area contributed by atoms with Gasteiger partial charge in [0.25, 0.3) is 0 Å². The van der Waals surface area contributed by atoms with Crippen LogP contribution < -0.4 is 15.0 Å². The van der Waals surface area contributed by atoms with Crippen LogP contribution in [-0.4, -0.2) is 42.4 Å². The van der Waals surface area contributed by atoms with Crippen molar-refractivity contribution in [2.75, 3.05) is 36.5 Å². The zero-order valence-electron chi connectivity index (χ0n) is 16.5. The second-order valence-corrected chi connectivity index (χ2v) is 7.15. The first-order valence-corrected chi connectivity index (χ1v) is 9.99. The number of carbonyl (C=O) groups is 1. The van der Waals surface area contributed by atoms with Gasteiger partial charge in [0, 0.05) is 29.9 Å². The summed E-state index contributed by atoms with van der Waals surface area (Å²) in [5.74, 6) is 1.83. The summed E-state index contributed by atoms with van der Waals surface area (Å²) < 4.78 is 10.7. The molecule has 7 nitrogen and oxygen atoms in total. The molecule has 1 fully saturated rings. The summed E-state index contributed by atoms with van der Waals surface area (Å²) >= 11 is 6.38. The molecule has 1 aliphatic heterocycles. The van der Waals surface area contributed by atoms with E-state index in [1.165, 1.54) is 0 Å². The highest BCUT2D eigenvalue weighted by Gasteiger charge is 2.19. The van der Waals surface area contributed by atoms with Crippen molar-refractivity contribution in [3.8, 4) is 17.1 Å². The molecule has 0 radical (unpaired) electrons. The van der Waals surface area contributed by atoms with Gasteiger partial charge in [-0.15, -0.1) is 0 Å². The topological polar surface area (TPSA) is 76.6 Å². The van der Waals surface area contributed by atoms with E-state index in [4.69, 9.17) is 26.1 Å². The van der Waals surface area contributed by atoms with Gasteiger partial charge in [-0.3, -0.25) is 5.32 Å². The lowest BCUT2D eigenvalue weighted by Crippen LogP contribution is -2.37. The number of amides is 1. The molecule has 1 N–H and O–H groups in total. The van der Waals surface area contributed by atoms with Crippen LogP contribution in [0.2, 0.25) is 5.15 Å². The highest BCUT2D eigenvalue weighted by Crippen LogP contribution is 2.28. The van der Waals surface area contributed by atoms with Crippen molar-refractivity contribution in [1.29, 1.82) is 0 Å². The molecule has 3 aromatic rings. The van der Waals surface area contributed by atoms with Gasteiger partial charge in [-0.1, -0.05) is 29.8 Å². The molecule has 1 aliphatic rings. The van der Waals surface area contributed by atoms with Gasteiger partial charge in [-0.25, -0.2) is 14.8 Å². The smallest absolute Gasteiger partial charge is 0.410 e. The van der Waals surface area contributed by atoms with Crippen molar-refractivity contribution in [1.82, 2.24) is 9.97 Å². The van der Waals surface area contributed by atoms with Crippen LogP contribution in [0.3, 0.4) is 0 Å². The summed E-state index contributed by atoms with van der Waals surface area (Å²) in [6, 6.07) is 16.1. The summed E-state index contributed by atoms with van der Waals surface area (Å²) in [5, 5.41) is 3.13. The van der Waals surface area contributed by atoms with Crippen molar-refractivity contribution in [2.24, 2.45) is 0 Å². The normalized spacial score (nSPS) is 13.7. The predicted molar refractivity (Wildman–Crippen MR) is 116 cm³/mol. The second kappa shape index (κ2) is 9.11. The Morgan fingerprint density at radius 1 is 1.07 bits per heavy atom. The van der Waals surface area contributed by atoms with Crippen LogP contribution in [0.4, 0.5) is 16.3 Å². The minimum atomic E-state index is -0.557. The Morgan fingerprint density at radius 2 is 1.77 bits per heavy atom. The number of hydrogen-bond donors (Lipinski definition) is 1. The molecule has 0 unspecified atom stereocenters. The van der Waals surface area contributed by atoms with Gasteiger partial charge < -0.3 is 14.4 Å². The van der Waals surface area contributed by atoms with Crippen LogP contribution in [0, 0.1) is 6.92 Å². The first-order valence-electron chi connectivity index (χ1n) is 9.61. The number of nitrogens with zero attached hydrogens (tertiary/aromatic N) is 3. The van der Waals surface area contributed by atoms with Crippen molar-refractivity contribution in [3.05, 3.63) is 65.3 Å². The maximum absolute atomic E-state index is 12.0. The molecule has 0 bridgehead atoms. The van der Waals surface area contributed by atoms with Gasteiger partial charge in [0.15, 0.2) is 5.82 Å². The number of anilines is 2. The van der Waals surface area contributed by atoms with Crippen LogP contribution in [0.25, 0.3) is 11.4 Å². The molecule has 8 heteroatoms. The van der Waals surface area contributed by atoms with E-state index in [1.807, 2.05) is 25.1 Å². The quantitative estimate of drug-likeness (QED) is 0.619. The molecule has 0 spiro atoms. The third kappa shape index (κ3) is 4.69. The number of nitrogens with one attached hydrogen (secondary N) is 1. The lowest BCUT2D eigenvalue weighted by molar-refractivity contribution is 0.122. The van der Waals surface area contributed by atoms with E-state index in [0.29, 0.717) is 35.6 Å². The number of para-hydroxylation sites is 1.